The molecule has 0 aliphatic rings. The van der Waals surface area contributed by atoms with E-state index < -0.39 is 10.0 Å². The van der Waals surface area contributed by atoms with Gasteiger partial charge in [-0.15, -0.1) is 0 Å². The average Bonchev–Trinajstić information content (AvgIpc) is 2.46. The van der Waals surface area contributed by atoms with Crippen LogP contribution in [0.25, 0.3) is 0 Å². The standard InChI is InChI=1S/C16H19NO2S/c1-13(2)15-10-8-14(9-11-15)12-17-20(18,19)16-6-4-3-5-7-16/h3-11,13,17H,12H2,1-2H3. The summed E-state index contributed by atoms with van der Waals surface area (Å²) >= 11 is 0. The largest absolute Gasteiger partial charge is 0.240 e. The second kappa shape index (κ2) is 6.20. The van der Waals surface area contributed by atoms with Crippen LogP contribution in [0.1, 0.15) is 30.9 Å². The third-order valence-electron chi connectivity index (χ3n) is 3.17. The summed E-state index contributed by atoms with van der Waals surface area (Å²) in [6.07, 6.45) is 0. The van der Waals surface area contributed by atoms with Crippen molar-refractivity contribution in [2.75, 3.05) is 0 Å². The lowest BCUT2D eigenvalue weighted by Gasteiger charge is -2.09. The summed E-state index contributed by atoms with van der Waals surface area (Å²) in [6, 6.07) is 16.4. The minimum atomic E-state index is -3.43. The number of hydrogen-bond acceptors (Lipinski definition) is 2. The molecule has 0 aromatic heterocycles. The van der Waals surface area contributed by atoms with Crippen molar-refractivity contribution >= 4 is 10.0 Å². The van der Waals surface area contributed by atoms with Crippen molar-refractivity contribution in [2.45, 2.75) is 31.2 Å². The highest BCUT2D eigenvalue weighted by Gasteiger charge is 2.12. The van der Waals surface area contributed by atoms with Crippen LogP contribution in [0.2, 0.25) is 0 Å². The second-order valence-corrected chi connectivity index (χ2v) is 6.80. The van der Waals surface area contributed by atoms with Gasteiger partial charge in [0, 0.05) is 6.54 Å². The number of benzene rings is 2. The fourth-order valence-electron chi connectivity index (χ4n) is 1.88. The normalized spacial score (nSPS) is 11.8. The van der Waals surface area contributed by atoms with Gasteiger partial charge in [0.2, 0.25) is 10.0 Å². The Hall–Kier alpha value is -1.65. The number of nitrogens with one attached hydrogen (secondary N) is 1. The zero-order chi connectivity index (χ0) is 14.6. The lowest BCUT2D eigenvalue weighted by atomic mass is 10.0. The van der Waals surface area contributed by atoms with E-state index in [0.29, 0.717) is 17.4 Å². The van der Waals surface area contributed by atoms with Gasteiger partial charge < -0.3 is 0 Å². The number of sulfonamides is 1. The summed E-state index contributed by atoms with van der Waals surface area (Å²) in [7, 11) is -3.43. The molecule has 0 bridgehead atoms. The van der Waals surface area contributed by atoms with Gasteiger partial charge in [0.15, 0.2) is 0 Å². The molecular weight excluding hydrogens is 270 g/mol. The van der Waals surface area contributed by atoms with Gasteiger partial charge in [0.05, 0.1) is 4.90 Å². The summed E-state index contributed by atoms with van der Waals surface area (Å²) < 4.78 is 26.8. The Labute approximate surface area is 120 Å². The van der Waals surface area contributed by atoms with Gasteiger partial charge >= 0.3 is 0 Å². The van der Waals surface area contributed by atoms with Crippen LogP contribution in [-0.2, 0) is 16.6 Å². The van der Waals surface area contributed by atoms with Gasteiger partial charge in [-0.3, -0.25) is 0 Å². The Bertz CT molecular complexity index is 647. The zero-order valence-corrected chi connectivity index (χ0v) is 12.5. The Balaban J connectivity index is 2.05. The van der Waals surface area contributed by atoms with Crippen LogP contribution in [0.15, 0.2) is 59.5 Å². The second-order valence-electron chi connectivity index (χ2n) is 5.03. The summed E-state index contributed by atoms with van der Waals surface area (Å²) in [5, 5.41) is 0. The van der Waals surface area contributed by atoms with Crippen molar-refractivity contribution in [3.63, 3.8) is 0 Å². The van der Waals surface area contributed by atoms with E-state index in [1.54, 1.807) is 30.3 Å². The molecule has 1 N–H and O–H groups in total. The van der Waals surface area contributed by atoms with Gasteiger partial charge in [0.1, 0.15) is 0 Å². The average molecular weight is 289 g/mol. The molecule has 2 aromatic rings. The summed E-state index contributed by atoms with van der Waals surface area (Å²) in [5.74, 6) is 0.477. The van der Waals surface area contributed by atoms with Crippen molar-refractivity contribution < 1.29 is 8.42 Å². The number of rotatable bonds is 5. The van der Waals surface area contributed by atoms with E-state index in [-0.39, 0.29) is 0 Å². The number of hydrogen-bond donors (Lipinski definition) is 1. The molecule has 0 fully saturated rings. The van der Waals surface area contributed by atoms with E-state index in [1.807, 2.05) is 24.3 Å². The highest BCUT2D eigenvalue weighted by molar-refractivity contribution is 7.89. The molecule has 2 aromatic carbocycles. The minimum absolute atomic E-state index is 0.291. The fraction of sp³-hybridized carbons (Fsp3) is 0.250. The van der Waals surface area contributed by atoms with E-state index in [4.69, 9.17) is 0 Å². The van der Waals surface area contributed by atoms with Gasteiger partial charge in [-0.25, -0.2) is 13.1 Å². The molecule has 4 heteroatoms. The molecule has 0 saturated carbocycles. The first-order chi connectivity index (χ1) is 9.49. The van der Waals surface area contributed by atoms with E-state index in [0.717, 1.165) is 5.56 Å². The monoisotopic (exact) mass is 289 g/mol. The molecule has 0 heterocycles. The maximum Gasteiger partial charge on any atom is 0.240 e. The van der Waals surface area contributed by atoms with Crippen molar-refractivity contribution in [2.24, 2.45) is 0 Å². The van der Waals surface area contributed by atoms with Crippen molar-refractivity contribution in [1.82, 2.24) is 4.72 Å². The molecule has 2 rings (SSSR count). The Morgan fingerprint density at radius 3 is 2.10 bits per heavy atom. The molecule has 0 aliphatic heterocycles. The van der Waals surface area contributed by atoms with Gasteiger partial charge in [-0.2, -0.15) is 0 Å². The quantitative estimate of drug-likeness (QED) is 0.918. The van der Waals surface area contributed by atoms with E-state index in [2.05, 4.69) is 18.6 Å². The molecule has 106 valence electrons. The highest BCUT2D eigenvalue weighted by atomic mass is 32.2. The molecule has 0 unspecified atom stereocenters. The smallest absolute Gasteiger partial charge is 0.207 e. The summed E-state index contributed by atoms with van der Waals surface area (Å²) in [4.78, 5) is 0.291. The minimum Gasteiger partial charge on any atom is -0.207 e. The third kappa shape index (κ3) is 3.68. The Morgan fingerprint density at radius 1 is 0.950 bits per heavy atom. The molecule has 0 aliphatic carbocycles. The Morgan fingerprint density at radius 2 is 1.55 bits per heavy atom. The van der Waals surface area contributed by atoms with Crippen LogP contribution < -0.4 is 4.72 Å². The van der Waals surface area contributed by atoms with Crippen LogP contribution >= 0.6 is 0 Å². The predicted octanol–water partition coefficient (Wildman–Crippen LogP) is 3.29. The Kier molecular flexibility index (Phi) is 4.57. The maximum absolute atomic E-state index is 12.1. The molecule has 0 spiro atoms. The topological polar surface area (TPSA) is 46.2 Å². The van der Waals surface area contributed by atoms with Gasteiger partial charge in [0.25, 0.3) is 0 Å². The summed E-state index contributed by atoms with van der Waals surface area (Å²) in [5.41, 5.74) is 2.20. The molecule has 20 heavy (non-hydrogen) atoms. The first-order valence-electron chi connectivity index (χ1n) is 6.62. The molecular formula is C16H19NO2S. The van der Waals surface area contributed by atoms with Crippen LogP contribution in [0.4, 0.5) is 0 Å². The molecule has 0 amide bonds. The van der Waals surface area contributed by atoms with E-state index >= 15 is 0 Å². The highest BCUT2D eigenvalue weighted by Crippen LogP contribution is 2.15. The SMILES string of the molecule is CC(C)c1ccc(CNS(=O)(=O)c2ccccc2)cc1. The molecule has 0 radical (unpaired) electrons. The summed E-state index contributed by atoms with van der Waals surface area (Å²) in [6.45, 7) is 4.57. The van der Waals surface area contributed by atoms with E-state index in [1.165, 1.54) is 5.56 Å². The van der Waals surface area contributed by atoms with Crippen molar-refractivity contribution in [3.8, 4) is 0 Å². The predicted molar refractivity (Wildman–Crippen MR) is 81.0 cm³/mol. The van der Waals surface area contributed by atoms with Crippen LogP contribution in [0, 0.1) is 0 Å². The van der Waals surface area contributed by atoms with Crippen molar-refractivity contribution in [1.29, 1.82) is 0 Å². The first kappa shape index (κ1) is 14.8. The van der Waals surface area contributed by atoms with E-state index in [9.17, 15) is 8.42 Å². The van der Waals surface area contributed by atoms with Gasteiger partial charge in [-0.1, -0.05) is 56.3 Å². The van der Waals surface area contributed by atoms with Crippen LogP contribution in [0.3, 0.4) is 0 Å². The molecule has 0 atom stereocenters. The first-order valence-corrected chi connectivity index (χ1v) is 8.11. The lowest BCUT2D eigenvalue weighted by molar-refractivity contribution is 0.581. The lowest BCUT2D eigenvalue weighted by Crippen LogP contribution is -2.23. The van der Waals surface area contributed by atoms with Crippen LogP contribution in [-0.4, -0.2) is 8.42 Å². The third-order valence-corrected chi connectivity index (χ3v) is 4.58. The zero-order valence-electron chi connectivity index (χ0n) is 11.7. The van der Waals surface area contributed by atoms with Crippen molar-refractivity contribution in [3.05, 3.63) is 65.7 Å². The maximum atomic E-state index is 12.1. The molecule has 3 nitrogen and oxygen atoms in total. The fourth-order valence-corrected chi connectivity index (χ4v) is 2.92. The van der Waals surface area contributed by atoms with Gasteiger partial charge in [-0.05, 0) is 29.2 Å². The van der Waals surface area contributed by atoms with Crippen LogP contribution in [0.5, 0.6) is 0 Å². The molecule has 0 saturated heterocycles.